The lowest BCUT2D eigenvalue weighted by atomic mass is 9.74. The van der Waals surface area contributed by atoms with Gasteiger partial charge in [0.1, 0.15) is 5.75 Å². The smallest absolute Gasteiger partial charge is 0.480 e. The maximum absolute atomic E-state index is 10.1. The second-order valence-corrected chi connectivity index (χ2v) is 6.16. The van der Waals surface area contributed by atoms with Crippen molar-refractivity contribution in [2.75, 3.05) is 0 Å². The van der Waals surface area contributed by atoms with Gasteiger partial charge in [0, 0.05) is 5.56 Å². The fourth-order valence-corrected chi connectivity index (χ4v) is 2.13. The monoisotopic (exact) mass is 263 g/mol. The Morgan fingerprint density at radius 1 is 1.16 bits per heavy atom. The Bertz CT molecular complexity index is 472. The van der Waals surface area contributed by atoms with Crippen molar-refractivity contribution in [3.8, 4) is 5.75 Å². The first kappa shape index (κ1) is 14.4. The molecule has 1 fully saturated rings. The number of para-hydroxylation sites is 1. The average Bonchev–Trinajstić information content (AvgIpc) is 2.51. The van der Waals surface area contributed by atoms with Crippen molar-refractivity contribution in [1.29, 1.82) is 0 Å². The van der Waals surface area contributed by atoms with Gasteiger partial charge in [-0.25, -0.2) is 0 Å². The highest BCUT2D eigenvalue weighted by Crippen LogP contribution is 2.40. The highest BCUT2D eigenvalue weighted by molar-refractivity contribution is 6.47. The van der Waals surface area contributed by atoms with E-state index in [2.05, 4.69) is 0 Å². The fraction of sp³-hybridized carbons (Fsp3) is 0.571. The number of benzene rings is 1. The van der Waals surface area contributed by atoms with Crippen LogP contribution in [0.2, 0.25) is 0 Å². The fourth-order valence-electron chi connectivity index (χ4n) is 2.13. The molecule has 1 atom stereocenters. The molecule has 0 bridgehead atoms. The highest BCUT2D eigenvalue weighted by Gasteiger charge is 2.53. The van der Waals surface area contributed by atoms with Crippen molar-refractivity contribution in [2.45, 2.75) is 51.8 Å². The molecule has 0 spiro atoms. The molecule has 1 aromatic rings. The van der Waals surface area contributed by atoms with E-state index in [9.17, 15) is 5.11 Å². The van der Waals surface area contributed by atoms with Gasteiger partial charge in [-0.1, -0.05) is 18.2 Å². The number of aromatic hydroxyl groups is 1. The number of rotatable bonds is 2. The highest BCUT2D eigenvalue weighted by atomic mass is 16.7. The van der Waals surface area contributed by atoms with Gasteiger partial charge in [-0.15, -0.1) is 0 Å². The zero-order valence-electron chi connectivity index (χ0n) is 12.2. The zero-order chi connectivity index (χ0) is 14.4. The summed E-state index contributed by atoms with van der Waals surface area (Å²) in [5, 5.41) is 10.1. The van der Waals surface area contributed by atoms with Crippen molar-refractivity contribution < 1.29 is 14.4 Å². The molecule has 104 valence electrons. The molecule has 5 heteroatoms. The number of nitrogens with two attached hydrogens (primary N) is 1. The lowest BCUT2D eigenvalue weighted by Gasteiger charge is -2.32. The van der Waals surface area contributed by atoms with E-state index in [4.69, 9.17) is 15.0 Å². The molecule has 0 aliphatic carbocycles. The molecule has 4 nitrogen and oxygen atoms in total. The van der Waals surface area contributed by atoms with Crippen LogP contribution in [0.25, 0.3) is 0 Å². The van der Waals surface area contributed by atoms with Gasteiger partial charge < -0.3 is 20.1 Å². The van der Waals surface area contributed by atoms with Gasteiger partial charge >= 0.3 is 7.12 Å². The Kier molecular flexibility index (Phi) is 3.41. The molecule has 0 saturated carbocycles. The second-order valence-electron chi connectivity index (χ2n) is 6.16. The quantitative estimate of drug-likeness (QED) is 0.804. The molecule has 1 heterocycles. The van der Waals surface area contributed by atoms with Gasteiger partial charge in [-0.2, -0.15) is 0 Å². The third kappa shape index (κ3) is 2.38. The van der Waals surface area contributed by atoms with E-state index in [1.807, 2.05) is 46.8 Å². The minimum Gasteiger partial charge on any atom is -0.507 e. The van der Waals surface area contributed by atoms with Gasteiger partial charge in [0.25, 0.3) is 0 Å². The Morgan fingerprint density at radius 3 is 2.21 bits per heavy atom. The molecule has 19 heavy (non-hydrogen) atoms. The van der Waals surface area contributed by atoms with Crippen LogP contribution in [0.3, 0.4) is 0 Å². The summed E-state index contributed by atoms with van der Waals surface area (Å²) in [6, 6.07) is 5.52. The van der Waals surface area contributed by atoms with Crippen molar-refractivity contribution >= 4 is 7.12 Å². The van der Waals surface area contributed by atoms with Crippen LogP contribution in [-0.2, 0) is 9.31 Å². The Hall–Kier alpha value is -1.04. The van der Waals surface area contributed by atoms with E-state index in [1.165, 1.54) is 0 Å². The molecule has 0 unspecified atom stereocenters. The summed E-state index contributed by atoms with van der Waals surface area (Å²) in [7, 11) is -0.558. The molecular formula is C14H22BNO3. The first-order chi connectivity index (χ1) is 8.66. The topological polar surface area (TPSA) is 64.7 Å². The van der Waals surface area contributed by atoms with Crippen molar-refractivity contribution in [3.05, 3.63) is 29.3 Å². The van der Waals surface area contributed by atoms with Crippen molar-refractivity contribution in [3.63, 3.8) is 0 Å². The summed E-state index contributed by atoms with van der Waals surface area (Å²) in [5.74, 6) is -0.300. The molecule has 0 aromatic heterocycles. The molecule has 2 rings (SSSR count). The molecule has 1 aromatic carbocycles. The Labute approximate surface area is 115 Å². The van der Waals surface area contributed by atoms with Crippen LogP contribution in [-0.4, -0.2) is 23.4 Å². The van der Waals surface area contributed by atoms with Crippen molar-refractivity contribution in [2.24, 2.45) is 5.73 Å². The van der Waals surface area contributed by atoms with Gasteiger partial charge in [-0.05, 0) is 40.2 Å². The number of aryl methyl sites for hydroxylation is 1. The van der Waals surface area contributed by atoms with E-state index >= 15 is 0 Å². The van der Waals surface area contributed by atoms with Crippen LogP contribution >= 0.6 is 0 Å². The van der Waals surface area contributed by atoms with Gasteiger partial charge in [-0.3, -0.25) is 0 Å². The second kappa shape index (κ2) is 4.51. The van der Waals surface area contributed by atoms with Crippen LogP contribution in [0.1, 0.15) is 44.8 Å². The lowest BCUT2D eigenvalue weighted by Crippen LogP contribution is -2.41. The minimum atomic E-state index is -0.558. The molecule has 1 saturated heterocycles. The van der Waals surface area contributed by atoms with Crippen LogP contribution < -0.4 is 5.73 Å². The Balaban J connectivity index is 2.27. The molecule has 3 N–H and O–H groups in total. The van der Waals surface area contributed by atoms with Gasteiger partial charge in [0.05, 0.1) is 17.1 Å². The minimum absolute atomic E-state index is 0.213. The molecule has 0 radical (unpaired) electrons. The molecule has 1 aliphatic rings. The summed E-state index contributed by atoms with van der Waals surface area (Å²) < 4.78 is 11.8. The predicted molar refractivity (Wildman–Crippen MR) is 75.9 cm³/mol. The summed E-state index contributed by atoms with van der Waals surface area (Å²) in [4.78, 5) is 0. The summed E-state index contributed by atoms with van der Waals surface area (Å²) >= 11 is 0. The maximum Gasteiger partial charge on any atom is 0.480 e. The maximum atomic E-state index is 10.1. The zero-order valence-corrected chi connectivity index (χ0v) is 12.2. The van der Waals surface area contributed by atoms with Crippen LogP contribution in [0.4, 0.5) is 0 Å². The SMILES string of the molecule is Cc1cccc([C@@H](N)B2OC(C)(C)C(C)(C)O2)c1O. The lowest BCUT2D eigenvalue weighted by molar-refractivity contribution is 0.00578. The predicted octanol–water partition coefficient (Wildman–Crippen LogP) is 2.33. The largest absolute Gasteiger partial charge is 0.507 e. The van der Waals surface area contributed by atoms with Crippen LogP contribution in [0.15, 0.2) is 18.2 Å². The normalized spacial score (nSPS) is 22.5. The summed E-state index contributed by atoms with van der Waals surface area (Å²) in [5.41, 5.74) is 6.81. The third-order valence-electron chi connectivity index (χ3n) is 4.19. The summed E-state index contributed by atoms with van der Waals surface area (Å²) in [6.45, 7) is 9.77. The average molecular weight is 263 g/mol. The van der Waals surface area contributed by atoms with Crippen LogP contribution in [0, 0.1) is 6.92 Å². The standard InChI is InChI=1S/C14H22BNO3/c1-9-7-6-8-10(11(9)17)12(16)15-18-13(2,3)14(4,5)19-15/h6-8,12,17H,16H2,1-5H3/t12-/m1/s1. The molecule has 1 aliphatic heterocycles. The van der Waals surface area contributed by atoms with E-state index in [0.29, 0.717) is 5.56 Å². The molecular weight excluding hydrogens is 241 g/mol. The number of hydrogen-bond acceptors (Lipinski definition) is 4. The number of phenolic OH excluding ortho intramolecular Hbond substituents is 1. The Morgan fingerprint density at radius 2 is 1.68 bits per heavy atom. The van der Waals surface area contributed by atoms with Crippen LogP contribution in [0.5, 0.6) is 5.75 Å². The first-order valence-corrected chi connectivity index (χ1v) is 6.55. The first-order valence-electron chi connectivity index (χ1n) is 6.55. The number of hydrogen-bond donors (Lipinski definition) is 2. The van der Waals surface area contributed by atoms with Gasteiger partial charge in [0.2, 0.25) is 0 Å². The van der Waals surface area contributed by atoms with E-state index < -0.39 is 24.3 Å². The van der Waals surface area contributed by atoms with Crippen molar-refractivity contribution in [1.82, 2.24) is 0 Å². The van der Waals surface area contributed by atoms with Gasteiger partial charge in [0.15, 0.2) is 0 Å². The van der Waals surface area contributed by atoms with E-state index in [-0.39, 0.29) is 5.75 Å². The van der Waals surface area contributed by atoms with E-state index in [0.717, 1.165) is 5.56 Å². The molecule has 0 amide bonds. The summed E-state index contributed by atoms with van der Waals surface area (Å²) in [6.07, 6.45) is 0. The number of phenols is 1. The van der Waals surface area contributed by atoms with E-state index in [1.54, 1.807) is 6.07 Å². The third-order valence-corrected chi connectivity index (χ3v) is 4.19.